The monoisotopic (exact) mass is 290 g/mol. The molecule has 0 bridgehead atoms. The molecule has 21 heavy (non-hydrogen) atoms. The smallest absolute Gasteiger partial charge is 0.312 e. The van der Waals surface area contributed by atoms with Gasteiger partial charge in [0.25, 0.3) is 5.91 Å². The van der Waals surface area contributed by atoms with Crippen LogP contribution in [0.1, 0.15) is 28.8 Å². The van der Waals surface area contributed by atoms with Crippen molar-refractivity contribution >= 4 is 11.9 Å². The Balaban J connectivity index is 2.00. The maximum Gasteiger partial charge on any atom is 0.312 e. The van der Waals surface area contributed by atoms with Gasteiger partial charge >= 0.3 is 6.03 Å². The standard InChI is InChI=1S/C15H22N4O2/c1-17-10-13-3-2-8-19(13)14(20)12-6-4-11(5-7-12)9-18-15(16)21/h4-7,13,17H,2-3,8-10H2,1H3,(H3,16,18,21)/t13-/m1/s1. The molecule has 1 atom stereocenters. The van der Waals surface area contributed by atoms with E-state index in [-0.39, 0.29) is 11.9 Å². The molecule has 1 saturated heterocycles. The lowest BCUT2D eigenvalue weighted by Gasteiger charge is -2.24. The van der Waals surface area contributed by atoms with Gasteiger partial charge in [-0.05, 0) is 37.6 Å². The molecule has 1 aliphatic heterocycles. The third kappa shape index (κ3) is 3.95. The predicted octanol–water partition coefficient (Wildman–Crippen LogP) is 0.679. The fraction of sp³-hybridized carbons (Fsp3) is 0.467. The summed E-state index contributed by atoms with van der Waals surface area (Å²) in [5.74, 6) is 0.0714. The number of benzene rings is 1. The highest BCUT2D eigenvalue weighted by molar-refractivity contribution is 5.94. The molecule has 6 heteroatoms. The highest BCUT2D eigenvalue weighted by Gasteiger charge is 2.28. The molecule has 0 aliphatic carbocycles. The molecule has 114 valence electrons. The van der Waals surface area contributed by atoms with E-state index in [2.05, 4.69) is 10.6 Å². The average molecular weight is 290 g/mol. The quantitative estimate of drug-likeness (QED) is 0.745. The third-order valence-corrected chi connectivity index (χ3v) is 3.75. The lowest BCUT2D eigenvalue weighted by Crippen LogP contribution is -2.40. The average Bonchev–Trinajstić information content (AvgIpc) is 2.93. The summed E-state index contributed by atoms with van der Waals surface area (Å²) in [5.41, 5.74) is 6.62. The topological polar surface area (TPSA) is 87.5 Å². The normalized spacial score (nSPS) is 17.8. The van der Waals surface area contributed by atoms with E-state index in [4.69, 9.17) is 5.73 Å². The van der Waals surface area contributed by atoms with Crippen LogP contribution in [0.3, 0.4) is 0 Å². The first-order chi connectivity index (χ1) is 10.1. The number of carbonyl (C=O) groups excluding carboxylic acids is 2. The minimum atomic E-state index is -0.554. The van der Waals surface area contributed by atoms with Crippen LogP contribution in [-0.2, 0) is 6.54 Å². The number of nitrogens with one attached hydrogen (secondary N) is 2. The fourth-order valence-electron chi connectivity index (χ4n) is 2.67. The van der Waals surface area contributed by atoms with Crippen molar-refractivity contribution in [3.05, 3.63) is 35.4 Å². The molecule has 1 aromatic rings. The van der Waals surface area contributed by atoms with Crippen molar-refractivity contribution in [2.24, 2.45) is 5.73 Å². The molecule has 0 unspecified atom stereocenters. The third-order valence-electron chi connectivity index (χ3n) is 3.75. The Labute approximate surface area is 124 Å². The predicted molar refractivity (Wildman–Crippen MR) is 80.9 cm³/mol. The summed E-state index contributed by atoms with van der Waals surface area (Å²) in [7, 11) is 1.90. The molecule has 1 aliphatic rings. The SMILES string of the molecule is CNC[C@H]1CCCN1C(=O)c1ccc(CNC(N)=O)cc1. The summed E-state index contributed by atoms with van der Waals surface area (Å²) < 4.78 is 0. The minimum Gasteiger partial charge on any atom is -0.352 e. The van der Waals surface area contributed by atoms with Crippen molar-refractivity contribution in [1.82, 2.24) is 15.5 Å². The van der Waals surface area contributed by atoms with Crippen LogP contribution < -0.4 is 16.4 Å². The number of amides is 3. The Morgan fingerprint density at radius 2 is 2.05 bits per heavy atom. The van der Waals surface area contributed by atoms with Crippen LogP contribution in [0, 0.1) is 0 Å². The zero-order valence-corrected chi connectivity index (χ0v) is 12.3. The van der Waals surface area contributed by atoms with Gasteiger partial charge in [0.2, 0.25) is 0 Å². The molecule has 1 heterocycles. The highest BCUT2D eigenvalue weighted by Crippen LogP contribution is 2.19. The van der Waals surface area contributed by atoms with Crippen molar-refractivity contribution in [3.8, 4) is 0 Å². The van der Waals surface area contributed by atoms with E-state index in [1.54, 1.807) is 12.1 Å². The van der Waals surface area contributed by atoms with Gasteiger partial charge in [-0.25, -0.2) is 4.79 Å². The van der Waals surface area contributed by atoms with E-state index in [1.807, 2.05) is 24.1 Å². The molecule has 3 amide bonds. The van der Waals surface area contributed by atoms with Crippen molar-refractivity contribution < 1.29 is 9.59 Å². The van der Waals surface area contributed by atoms with E-state index in [0.29, 0.717) is 12.1 Å². The van der Waals surface area contributed by atoms with Gasteiger partial charge in [0.15, 0.2) is 0 Å². The number of hydrogen-bond donors (Lipinski definition) is 3. The lowest BCUT2D eigenvalue weighted by molar-refractivity contribution is 0.0737. The number of primary amides is 1. The molecule has 0 spiro atoms. The van der Waals surface area contributed by atoms with E-state index in [9.17, 15) is 9.59 Å². The van der Waals surface area contributed by atoms with Crippen LogP contribution in [0.2, 0.25) is 0 Å². The Morgan fingerprint density at radius 3 is 2.67 bits per heavy atom. The summed E-state index contributed by atoms with van der Waals surface area (Å²) in [5, 5.41) is 5.66. The Morgan fingerprint density at radius 1 is 1.33 bits per heavy atom. The number of likely N-dealkylation sites (N-methyl/N-ethyl adjacent to an activating group) is 1. The van der Waals surface area contributed by atoms with Crippen LogP contribution in [0.5, 0.6) is 0 Å². The molecular weight excluding hydrogens is 268 g/mol. The molecule has 0 aromatic heterocycles. The first-order valence-corrected chi connectivity index (χ1v) is 7.19. The summed E-state index contributed by atoms with van der Waals surface area (Å²) in [4.78, 5) is 25.1. The number of hydrogen-bond acceptors (Lipinski definition) is 3. The van der Waals surface area contributed by atoms with Gasteiger partial charge in [-0.2, -0.15) is 0 Å². The van der Waals surface area contributed by atoms with Gasteiger partial charge in [0, 0.05) is 31.2 Å². The Bertz CT molecular complexity index is 501. The second-order valence-electron chi connectivity index (χ2n) is 5.27. The maximum atomic E-state index is 12.5. The van der Waals surface area contributed by atoms with E-state index < -0.39 is 6.03 Å². The molecule has 6 nitrogen and oxygen atoms in total. The zero-order chi connectivity index (χ0) is 15.2. The van der Waals surface area contributed by atoms with Crippen molar-refractivity contribution in [2.75, 3.05) is 20.1 Å². The molecule has 0 radical (unpaired) electrons. The number of rotatable bonds is 5. The molecule has 0 saturated carbocycles. The highest BCUT2D eigenvalue weighted by atomic mass is 16.2. The Kier molecular flexibility index (Phi) is 5.16. The van der Waals surface area contributed by atoms with Gasteiger partial charge in [0.05, 0.1) is 0 Å². The van der Waals surface area contributed by atoms with Crippen molar-refractivity contribution in [2.45, 2.75) is 25.4 Å². The van der Waals surface area contributed by atoms with E-state index >= 15 is 0 Å². The van der Waals surface area contributed by atoms with E-state index in [1.165, 1.54) is 0 Å². The molecule has 4 N–H and O–H groups in total. The Hall–Kier alpha value is -2.08. The van der Waals surface area contributed by atoms with Crippen molar-refractivity contribution in [1.29, 1.82) is 0 Å². The largest absolute Gasteiger partial charge is 0.352 e. The second-order valence-corrected chi connectivity index (χ2v) is 5.27. The summed E-state index contributed by atoms with van der Waals surface area (Å²) in [6.07, 6.45) is 2.10. The van der Waals surface area contributed by atoms with Gasteiger partial charge in [-0.15, -0.1) is 0 Å². The number of nitrogens with two attached hydrogens (primary N) is 1. The molecular formula is C15H22N4O2. The first kappa shape index (κ1) is 15.3. The van der Waals surface area contributed by atoms with Gasteiger partial charge in [-0.3, -0.25) is 4.79 Å². The summed E-state index contributed by atoms with van der Waals surface area (Å²) >= 11 is 0. The molecule has 1 aromatic carbocycles. The lowest BCUT2D eigenvalue weighted by atomic mass is 10.1. The van der Waals surface area contributed by atoms with Gasteiger partial charge < -0.3 is 21.3 Å². The number of likely N-dealkylation sites (tertiary alicyclic amines) is 1. The number of nitrogens with zero attached hydrogens (tertiary/aromatic N) is 1. The van der Waals surface area contributed by atoms with Crippen molar-refractivity contribution in [3.63, 3.8) is 0 Å². The zero-order valence-electron chi connectivity index (χ0n) is 12.3. The van der Waals surface area contributed by atoms with Gasteiger partial charge in [0.1, 0.15) is 0 Å². The van der Waals surface area contributed by atoms with Crippen LogP contribution >= 0.6 is 0 Å². The number of urea groups is 1. The molecule has 1 fully saturated rings. The summed E-state index contributed by atoms with van der Waals surface area (Å²) in [6.45, 7) is 2.01. The second kappa shape index (κ2) is 7.08. The number of carbonyl (C=O) groups is 2. The van der Waals surface area contributed by atoms with Crippen LogP contribution in [0.25, 0.3) is 0 Å². The van der Waals surface area contributed by atoms with Gasteiger partial charge in [-0.1, -0.05) is 12.1 Å². The van der Waals surface area contributed by atoms with Crippen LogP contribution in [-0.4, -0.2) is 43.0 Å². The minimum absolute atomic E-state index is 0.0714. The van der Waals surface area contributed by atoms with E-state index in [0.717, 1.165) is 31.5 Å². The summed E-state index contributed by atoms with van der Waals surface area (Å²) in [6, 6.07) is 7.00. The maximum absolute atomic E-state index is 12.5. The van der Waals surface area contributed by atoms with Crippen LogP contribution in [0.4, 0.5) is 4.79 Å². The van der Waals surface area contributed by atoms with Crippen LogP contribution in [0.15, 0.2) is 24.3 Å². The first-order valence-electron chi connectivity index (χ1n) is 7.19. The fourth-order valence-corrected chi connectivity index (χ4v) is 2.67. The molecule has 2 rings (SSSR count).